The SMILES string of the molecule is C=C(CNC)CN1CCC(C)(C)C1. The fraction of sp³-hybridized carbons (Fsp3) is 0.818. The smallest absolute Gasteiger partial charge is 0.0203 e. The maximum Gasteiger partial charge on any atom is 0.0203 e. The Hall–Kier alpha value is -0.340. The van der Waals surface area contributed by atoms with E-state index in [4.69, 9.17) is 0 Å². The molecule has 76 valence electrons. The zero-order chi connectivity index (χ0) is 9.90. The zero-order valence-electron chi connectivity index (χ0n) is 9.19. The van der Waals surface area contributed by atoms with Crippen LogP contribution in [0.15, 0.2) is 12.2 Å². The average Bonchev–Trinajstić information content (AvgIpc) is 2.30. The molecule has 2 heteroatoms. The molecule has 1 rings (SSSR count). The van der Waals surface area contributed by atoms with Crippen molar-refractivity contribution >= 4 is 0 Å². The van der Waals surface area contributed by atoms with Crippen LogP contribution in [-0.4, -0.2) is 38.1 Å². The molecule has 2 nitrogen and oxygen atoms in total. The van der Waals surface area contributed by atoms with Crippen LogP contribution in [0.1, 0.15) is 20.3 Å². The van der Waals surface area contributed by atoms with Crippen molar-refractivity contribution in [1.82, 2.24) is 10.2 Å². The Morgan fingerprint density at radius 2 is 2.23 bits per heavy atom. The minimum absolute atomic E-state index is 0.514. The molecule has 0 saturated carbocycles. The van der Waals surface area contributed by atoms with Crippen molar-refractivity contribution in [2.75, 3.05) is 33.2 Å². The van der Waals surface area contributed by atoms with Crippen LogP contribution in [-0.2, 0) is 0 Å². The van der Waals surface area contributed by atoms with Gasteiger partial charge in [0.2, 0.25) is 0 Å². The molecule has 1 N–H and O–H groups in total. The van der Waals surface area contributed by atoms with Crippen molar-refractivity contribution in [2.45, 2.75) is 20.3 Å². The average molecular weight is 182 g/mol. The third kappa shape index (κ3) is 3.49. The minimum atomic E-state index is 0.514. The van der Waals surface area contributed by atoms with Crippen LogP contribution in [0.4, 0.5) is 0 Å². The van der Waals surface area contributed by atoms with E-state index in [1.54, 1.807) is 0 Å². The van der Waals surface area contributed by atoms with Crippen LogP contribution in [0.3, 0.4) is 0 Å². The molecule has 1 saturated heterocycles. The largest absolute Gasteiger partial charge is 0.316 e. The van der Waals surface area contributed by atoms with Gasteiger partial charge in [-0.3, -0.25) is 4.90 Å². The highest BCUT2D eigenvalue weighted by Gasteiger charge is 2.28. The van der Waals surface area contributed by atoms with E-state index in [0.717, 1.165) is 13.1 Å². The molecule has 1 aliphatic heterocycles. The van der Waals surface area contributed by atoms with E-state index in [9.17, 15) is 0 Å². The van der Waals surface area contributed by atoms with Crippen molar-refractivity contribution in [3.05, 3.63) is 12.2 Å². The summed E-state index contributed by atoms with van der Waals surface area (Å²) in [5.74, 6) is 0. The number of hydrogen-bond acceptors (Lipinski definition) is 2. The second-order valence-electron chi connectivity index (χ2n) is 4.91. The standard InChI is InChI=1S/C11H22N2/c1-10(7-12-4)8-13-6-5-11(2,3)9-13/h12H,1,5-9H2,2-4H3. The summed E-state index contributed by atoms with van der Waals surface area (Å²) in [6, 6.07) is 0. The maximum absolute atomic E-state index is 4.05. The summed E-state index contributed by atoms with van der Waals surface area (Å²) >= 11 is 0. The van der Waals surface area contributed by atoms with E-state index >= 15 is 0 Å². The van der Waals surface area contributed by atoms with Gasteiger partial charge in [-0.05, 0) is 31.0 Å². The van der Waals surface area contributed by atoms with Crippen LogP contribution in [0, 0.1) is 5.41 Å². The molecule has 0 atom stereocenters. The Kier molecular flexibility index (Phi) is 3.51. The van der Waals surface area contributed by atoms with Crippen LogP contribution in [0.2, 0.25) is 0 Å². The quantitative estimate of drug-likeness (QED) is 0.663. The topological polar surface area (TPSA) is 15.3 Å². The Morgan fingerprint density at radius 1 is 1.54 bits per heavy atom. The van der Waals surface area contributed by atoms with Gasteiger partial charge < -0.3 is 5.32 Å². The van der Waals surface area contributed by atoms with E-state index in [-0.39, 0.29) is 0 Å². The van der Waals surface area contributed by atoms with Gasteiger partial charge in [0.05, 0.1) is 0 Å². The van der Waals surface area contributed by atoms with Gasteiger partial charge in [0.25, 0.3) is 0 Å². The first-order chi connectivity index (χ1) is 6.03. The predicted octanol–water partition coefficient (Wildman–Crippen LogP) is 1.49. The predicted molar refractivity (Wildman–Crippen MR) is 57.9 cm³/mol. The van der Waals surface area contributed by atoms with Gasteiger partial charge in [0.15, 0.2) is 0 Å². The third-order valence-electron chi connectivity index (χ3n) is 2.63. The summed E-state index contributed by atoms with van der Waals surface area (Å²) in [5.41, 5.74) is 1.81. The monoisotopic (exact) mass is 182 g/mol. The fourth-order valence-corrected chi connectivity index (χ4v) is 1.98. The first-order valence-electron chi connectivity index (χ1n) is 5.07. The van der Waals surface area contributed by atoms with Gasteiger partial charge in [0, 0.05) is 19.6 Å². The molecule has 13 heavy (non-hydrogen) atoms. The molecule has 1 fully saturated rings. The lowest BCUT2D eigenvalue weighted by molar-refractivity contribution is 0.308. The van der Waals surface area contributed by atoms with E-state index < -0.39 is 0 Å². The van der Waals surface area contributed by atoms with Crippen LogP contribution >= 0.6 is 0 Å². The highest BCUT2D eigenvalue weighted by molar-refractivity contribution is 5.01. The summed E-state index contributed by atoms with van der Waals surface area (Å²) in [6.07, 6.45) is 1.32. The number of nitrogens with one attached hydrogen (secondary N) is 1. The molecule has 0 aromatic rings. The second kappa shape index (κ2) is 4.25. The highest BCUT2D eigenvalue weighted by atomic mass is 15.2. The molecule has 0 radical (unpaired) electrons. The Labute approximate surface area is 82.0 Å². The third-order valence-corrected chi connectivity index (χ3v) is 2.63. The summed E-state index contributed by atoms with van der Waals surface area (Å²) in [4.78, 5) is 2.50. The lowest BCUT2D eigenvalue weighted by Crippen LogP contribution is -2.27. The summed E-state index contributed by atoms with van der Waals surface area (Å²) in [7, 11) is 1.97. The Morgan fingerprint density at radius 3 is 2.69 bits per heavy atom. The lowest BCUT2D eigenvalue weighted by Gasteiger charge is -2.20. The van der Waals surface area contributed by atoms with Gasteiger partial charge in [-0.2, -0.15) is 0 Å². The van der Waals surface area contributed by atoms with E-state index in [2.05, 4.69) is 30.6 Å². The minimum Gasteiger partial charge on any atom is -0.316 e. The van der Waals surface area contributed by atoms with Crippen molar-refractivity contribution in [1.29, 1.82) is 0 Å². The molecule has 0 aromatic carbocycles. The molecule has 0 aliphatic carbocycles. The Balaban J connectivity index is 2.28. The normalized spacial score (nSPS) is 22.1. The summed E-state index contributed by atoms with van der Waals surface area (Å²) in [5, 5.41) is 3.14. The van der Waals surface area contributed by atoms with Gasteiger partial charge in [-0.15, -0.1) is 0 Å². The zero-order valence-corrected chi connectivity index (χ0v) is 9.19. The Bertz CT molecular complexity index is 185. The number of likely N-dealkylation sites (N-methyl/N-ethyl adjacent to an activating group) is 1. The second-order valence-corrected chi connectivity index (χ2v) is 4.91. The molecular formula is C11H22N2. The molecule has 0 spiro atoms. The molecule has 1 aliphatic rings. The van der Waals surface area contributed by atoms with Crippen LogP contribution in [0.25, 0.3) is 0 Å². The number of nitrogens with zero attached hydrogens (tertiary/aromatic N) is 1. The first kappa shape index (κ1) is 10.7. The fourth-order valence-electron chi connectivity index (χ4n) is 1.98. The number of hydrogen-bond donors (Lipinski definition) is 1. The molecule has 1 heterocycles. The maximum atomic E-state index is 4.05. The van der Waals surface area contributed by atoms with Crippen molar-refractivity contribution < 1.29 is 0 Å². The van der Waals surface area contributed by atoms with Crippen molar-refractivity contribution in [3.8, 4) is 0 Å². The molecule has 0 aromatic heterocycles. The van der Waals surface area contributed by atoms with E-state index in [0.29, 0.717) is 5.41 Å². The van der Waals surface area contributed by atoms with Gasteiger partial charge in [-0.25, -0.2) is 0 Å². The molecule has 0 bridgehead atoms. The van der Waals surface area contributed by atoms with Crippen LogP contribution in [0.5, 0.6) is 0 Å². The van der Waals surface area contributed by atoms with E-state index in [1.165, 1.54) is 25.1 Å². The highest BCUT2D eigenvalue weighted by Crippen LogP contribution is 2.28. The number of rotatable bonds is 4. The summed E-state index contributed by atoms with van der Waals surface area (Å²) < 4.78 is 0. The first-order valence-corrected chi connectivity index (χ1v) is 5.07. The van der Waals surface area contributed by atoms with Crippen LogP contribution < -0.4 is 5.32 Å². The lowest BCUT2D eigenvalue weighted by atomic mass is 9.93. The molecule has 0 unspecified atom stereocenters. The van der Waals surface area contributed by atoms with Gasteiger partial charge in [0.1, 0.15) is 0 Å². The molecule has 0 amide bonds. The van der Waals surface area contributed by atoms with E-state index in [1.807, 2.05) is 7.05 Å². The van der Waals surface area contributed by atoms with Crippen molar-refractivity contribution in [3.63, 3.8) is 0 Å². The van der Waals surface area contributed by atoms with Crippen molar-refractivity contribution in [2.24, 2.45) is 5.41 Å². The van der Waals surface area contributed by atoms with Gasteiger partial charge >= 0.3 is 0 Å². The summed E-state index contributed by atoms with van der Waals surface area (Å²) in [6.45, 7) is 13.2. The molecular weight excluding hydrogens is 160 g/mol. The van der Waals surface area contributed by atoms with Gasteiger partial charge in [-0.1, -0.05) is 20.4 Å². The number of likely N-dealkylation sites (tertiary alicyclic amines) is 1.